The highest BCUT2D eigenvalue weighted by Gasteiger charge is 2.24. The van der Waals surface area contributed by atoms with E-state index in [1.165, 1.54) is 42.1 Å². The normalized spacial score (nSPS) is 20.9. The van der Waals surface area contributed by atoms with Crippen molar-refractivity contribution in [3.05, 3.63) is 53.9 Å². The SMILES string of the molecule is COCCN1CCc2nc(Nc3ncc4c5ccccc5n([C@H]5CC[C@H](C)CC5)c4n3)ccc2C1. The molecule has 1 aliphatic heterocycles. The molecule has 7 nitrogen and oxygen atoms in total. The zero-order valence-corrected chi connectivity index (χ0v) is 20.7. The molecule has 1 N–H and O–H groups in total. The number of ether oxygens (including phenoxy) is 1. The third kappa shape index (κ3) is 4.39. The number of nitrogens with zero attached hydrogens (tertiary/aromatic N) is 5. The van der Waals surface area contributed by atoms with Gasteiger partial charge < -0.3 is 14.6 Å². The molecule has 0 spiro atoms. The second-order valence-electron chi connectivity index (χ2n) is 10.2. The number of rotatable bonds is 6. The Hall–Kier alpha value is -3.03. The maximum atomic E-state index is 5.24. The molecule has 6 rings (SSSR count). The minimum absolute atomic E-state index is 0.485. The van der Waals surface area contributed by atoms with Gasteiger partial charge in [0.1, 0.15) is 11.5 Å². The van der Waals surface area contributed by atoms with Crippen LogP contribution in [0.3, 0.4) is 0 Å². The molecule has 3 aromatic heterocycles. The summed E-state index contributed by atoms with van der Waals surface area (Å²) in [6, 6.07) is 13.4. The van der Waals surface area contributed by atoms with Gasteiger partial charge in [0.25, 0.3) is 0 Å². The second-order valence-corrected chi connectivity index (χ2v) is 10.2. The predicted octanol–water partition coefficient (Wildman–Crippen LogP) is 5.48. The first-order chi connectivity index (χ1) is 17.2. The number of benzene rings is 1. The monoisotopic (exact) mass is 470 g/mol. The third-order valence-corrected chi connectivity index (χ3v) is 7.78. The van der Waals surface area contributed by atoms with Crippen molar-refractivity contribution in [1.29, 1.82) is 0 Å². The van der Waals surface area contributed by atoms with Crippen LogP contribution in [0.2, 0.25) is 0 Å². The molecule has 2 aliphatic rings. The summed E-state index contributed by atoms with van der Waals surface area (Å²) in [7, 11) is 1.76. The van der Waals surface area contributed by atoms with Crippen LogP contribution in [0.5, 0.6) is 0 Å². The van der Waals surface area contributed by atoms with Crippen molar-refractivity contribution in [3.8, 4) is 0 Å². The number of nitrogens with one attached hydrogen (secondary N) is 1. The van der Waals surface area contributed by atoms with Gasteiger partial charge in [0.05, 0.1) is 12.1 Å². The molecule has 4 aromatic rings. The van der Waals surface area contributed by atoms with E-state index in [1.807, 2.05) is 12.3 Å². The minimum Gasteiger partial charge on any atom is -0.383 e. The first-order valence-electron chi connectivity index (χ1n) is 12.9. The number of anilines is 2. The largest absolute Gasteiger partial charge is 0.383 e. The van der Waals surface area contributed by atoms with Gasteiger partial charge in [-0.1, -0.05) is 31.2 Å². The fourth-order valence-corrected chi connectivity index (χ4v) is 5.77. The van der Waals surface area contributed by atoms with E-state index in [4.69, 9.17) is 14.7 Å². The van der Waals surface area contributed by atoms with E-state index in [-0.39, 0.29) is 0 Å². The van der Waals surface area contributed by atoms with Crippen molar-refractivity contribution in [2.45, 2.75) is 51.6 Å². The smallest absolute Gasteiger partial charge is 0.230 e. The van der Waals surface area contributed by atoms with E-state index in [1.54, 1.807) is 7.11 Å². The van der Waals surface area contributed by atoms with Crippen LogP contribution in [0.15, 0.2) is 42.6 Å². The molecule has 1 fully saturated rings. The second kappa shape index (κ2) is 9.55. The zero-order valence-electron chi connectivity index (χ0n) is 20.7. The molecule has 0 amide bonds. The van der Waals surface area contributed by atoms with Gasteiger partial charge in [-0.25, -0.2) is 9.97 Å². The molecule has 4 heterocycles. The Morgan fingerprint density at radius 2 is 1.89 bits per heavy atom. The van der Waals surface area contributed by atoms with Gasteiger partial charge in [-0.2, -0.15) is 4.98 Å². The molecule has 1 aromatic carbocycles. The van der Waals surface area contributed by atoms with Crippen LogP contribution in [-0.2, 0) is 17.7 Å². The number of methoxy groups -OCH3 is 1. The maximum Gasteiger partial charge on any atom is 0.230 e. The fourth-order valence-electron chi connectivity index (χ4n) is 5.77. The van der Waals surface area contributed by atoms with Gasteiger partial charge in [0, 0.05) is 61.9 Å². The Balaban J connectivity index is 1.30. The Labute approximate surface area is 206 Å². The summed E-state index contributed by atoms with van der Waals surface area (Å²) in [6.45, 7) is 6.02. The van der Waals surface area contributed by atoms with E-state index in [0.717, 1.165) is 61.1 Å². The number of hydrogen-bond acceptors (Lipinski definition) is 6. The lowest BCUT2D eigenvalue weighted by atomic mass is 9.87. The highest BCUT2D eigenvalue weighted by atomic mass is 16.5. The van der Waals surface area contributed by atoms with Gasteiger partial charge in [-0.3, -0.25) is 4.90 Å². The van der Waals surface area contributed by atoms with Gasteiger partial charge in [-0.15, -0.1) is 0 Å². The van der Waals surface area contributed by atoms with Crippen molar-refractivity contribution in [2.75, 3.05) is 32.1 Å². The lowest BCUT2D eigenvalue weighted by molar-refractivity contribution is 0.140. The topological polar surface area (TPSA) is 68.1 Å². The quantitative estimate of drug-likeness (QED) is 0.403. The van der Waals surface area contributed by atoms with Crippen LogP contribution < -0.4 is 5.32 Å². The number of fused-ring (bicyclic) bond motifs is 4. The van der Waals surface area contributed by atoms with Crippen molar-refractivity contribution < 1.29 is 4.74 Å². The standard InChI is InChI=1S/C28H34N6O/c1-19-7-10-21(11-8-19)34-25-6-4-3-5-22(25)23-17-29-28(32-27(23)34)31-26-12-9-20-18-33(15-16-35-2)14-13-24(20)30-26/h3-6,9,12,17,19,21H,7-8,10-11,13-16,18H2,1-2H3,(H,29,30,31,32)/t19-,21-. The van der Waals surface area contributed by atoms with Crippen LogP contribution in [0.25, 0.3) is 21.9 Å². The molecule has 0 bridgehead atoms. The molecule has 0 atom stereocenters. The molecule has 182 valence electrons. The number of hydrogen-bond donors (Lipinski definition) is 1. The summed E-state index contributed by atoms with van der Waals surface area (Å²) in [6.07, 6.45) is 7.88. The third-order valence-electron chi connectivity index (χ3n) is 7.78. The molecule has 35 heavy (non-hydrogen) atoms. The number of pyridine rings is 1. The average Bonchev–Trinajstić information content (AvgIpc) is 3.21. The van der Waals surface area contributed by atoms with Crippen LogP contribution in [-0.4, -0.2) is 51.2 Å². The van der Waals surface area contributed by atoms with E-state index in [0.29, 0.717) is 12.0 Å². The first kappa shape index (κ1) is 22.4. The van der Waals surface area contributed by atoms with Gasteiger partial charge in [0.2, 0.25) is 5.95 Å². The Bertz CT molecular complexity index is 1340. The van der Waals surface area contributed by atoms with Crippen LogP contribution in [0.1, 0.15) is 49.9 Å². The number of para-hydroxylation sites is 1. The molecule has 7 heteroatoms. The molecule has 1 saturated carbocycles. The molecule has 1 aliphatic carbocycles. The fraction of sp³-hybridized carbons (Fsp3) is 0.464. The lowest BCUT2D eigenvalue weighted by Crippen LogP contribution is -2.33. The molecular weight excluding hydrogens is 436 g/mol. The maximum absolute atomic E-state index is 5.24. The highest BCUT2D eigenvalue weighted by Crippen LogP contribution is 2.38. The summed E-state index contributed by atoms with van der Waals surface area (Å²) in [5.41, 5.74) is 4.74. The van der Waals surface area contributed by atoms with Crippen LogP contribution in [0.4, 0.5) is 11.8 Å². The van der Waals surface area contributed by atoms with Crippen molar-refractivity contribution in [2.24, 2.45) is 5.92 Å². The number of aromatic nitrogens is 4. The van der Waals surface area contributed by atoms with Gasteiger partial charge in [-0.05, 0) is 49.3 Å². The predicted molar refractivity (Wildman–Crippen MR) is 140 cm³/mol. The molecular formula is C28H34N6O. The lowest BCUT2D eigenvalue weighted by Gasteiger charge is -2.28. The molecule has 0 radical (unpaired) electrons. The zero-order chi connectivity index (χ0) is 23.8. The van der Waals surface area contributed by atoms with Crippen molar-refractivity contribution in [1.82, 2.24) is 24.4 Å². The highest BCUT2D eigenvalue weighted by molar-refractivity contribution is 6.06. The van der Waals surface area contributed by atoms with E-state index >= 15 is 0 Å². The Morgan fingerprint density at radius 3 is 2.74 bits per heavy atom. The van der Waals surface area contributed by atoms with Gasteiger partial charge in [0.15, 0.2) is 0 Å². The average molecular weight is 471 g/mol. The van der Waals surface area contributed by atoms with Crippen molar-refractivity contribution in [3.63, 3.8) is 0 Å². The van der Waals surface area contributed by atoms with E-state index < -0.39 is 0 Å². The van der Waals surface area contributed by atoms with E-state index in [9.17, 15) is 0 Å². The van der Waals surface area contributed by atoms with Crippen LogP contribution >= 0.6 is 0 Å². The van der Waals surface area contributed by atoms with Crippen LogP contribution in [0, 0.1) is 5.92 Å². The molecule has 0 saturated heterocycles. The first-order valence-corrected chi connectivity index (χ1v) is 12.9. The van der Waals surface area contributed by atoms with Gasteiger partial charge >= 0.3 is 0 Å². The summed E-state index contributed by atoms with van der Waals surface area (Å²) < 4.78 is 7.71. The minimum atomic E-state index is 0.485. The van der Waals surface area contributed by atoms with Crippen molar-refractivity contribution >= 4 is 33.7 Å². The van der Waals surface area contributed by atoms with E-state index in [2.05, 4.69) is 57.0 Å². The summed E-state index contributed by atoms with van der Waals surface area (Å²) in [5, 5.41) is 5.75. The molecule has 0 unspecified atom stereocenters. The Kier molecular flexibility index (Phi) is 6.12. The summed E-state index contributed by atoms with van der Waals surface area (Å²) in [5.74, 6) is 2.23. The summed E-state index contributed by atoms with van der Waals surface area (Å²) >= 11 is 0. The Morgan fingerprint density at radius 1 is 1.03 bits per heavy atom. The summed E-state index contributed by atoms with van der Waals surface area (Å²) in [4.78, 5) is 17.1.